The quantitative estimate of drug-likeness (QED) is 0.761. The number of rotatable bonds is 6. The first kappa shape index (κ1) is 15.2. The Kier molecular flexibility index (Phi) is 5.44. The minimum Gasteiger partial charge on any atom is -0.380 e. The fraction of sp³-hybridized carbons (Fsp3) is 0.263. The standard InChI is InChI=1S/C19H24N2/c1-4-5-13-21(3)14-12-18-10-11-19(20-18)15-17-8-6-16(2)7-9-17/h4-8,10-11,13,15,20H,1,9,12,14H2,2-3H3/b13-5-,17-15-. The van der Waals surface area contributed by atoms with E-state index in [1.165, 1.54) is 22.5 Å². The van der Waals surface area contributed by atoms with Crippen molar-refractivity contribution < 1.29 is 0 Å². The monoisotopic (exact) mass is 280 g/mol. The highest BCUT2D eigenvalue weighted by molar-refractivity contribution is 5.55. The molecule has 1 aliphatic carbocycles. The van der Waals surface area contributed by atoms with E-state index in [1.54, 1.807) is 6.08 Å². The number of likely N-dealkylation sites (N-methyl/N-ethyl adjacent to an activating group) is 1. The summed E-state index contributed by atoms with van der Waals surface area (Å²) >= 11 is 0. The van der Waals surface area contributed by atoms with Crippen LogP contribution in [0.15, 0.2) is 66.4 Å². The van der Waals surface area contributed by atoms with Crippen molar-refractivity contribution >= 4 is 6.08 Å². The molecule has 1 aromatic heterocycles. The molecule has 0 bridgehead atoms. The zero-order valence-electron chi connectivity index (χ0n) is 13.0. The molecule has 0 aliphatic heterocycles. The molecule has 1 aromatic rings. The van der Waals surface area contributed by atoms with Gasteiger partial charge in [0, 0.05) is 31.4 Å². The zero-order valence-corrected chi connectivity index (χ0v) is 13.0. The summed E-state index contributed by atoms with van der Waals surface area (Å²) in [6.07, 6.45) is 16.7. The molecule has 0 radical (unpaired) electrons. The Labute approximate surface area is 127 Å². The lowest BCUT2D eigenvalue weighted by atomic mass is 10.0. The summed E-state index contributed by atoms with van der Waals surface area (Å²) in [7, 11) is 2.08. The van der Waals surface area contributed by atoms with Crippen LogP contribution in [0, 0.1) is 0 Å². The highest BCUT2D eigenvalue weighted by atomic mass is 15.1. The number of H-pyrrole nitrogens is 1. The lowest BCUT2D eigenvalue weighted by Gasteiger charge is -2.12. The van der Waals surface area contributed by atoms with Gasteiger partial charge in [0.1, 0.15) is 0 Å². The van der Waals surface area contributed by atoms with Crippen molar-refractivity contribution in [3.63, 3.8) is 0 Å². The van der Waals surface area contributed by atoms with Crippen molar-refractivity contribution in [1.29, 1.82) is 0 Å². The largest absolute Gasteiger partial charge is 0.380 e. The van der Waals surface area contributed by atoms with Crippen molar-refractivity contribution in [3.8, 4) is 0 Å². The van der Waals surface area contributed by atoms with Crippen LogP contribution in [0.2, 0.25) is 0 Å². The van der Waals surface area contributed by atoms with Gasteiger partial charge in [0.25, 0.3) is 0 Å². The second-order valence-corrected chi connectivity index (χ2v) is 5.45. The molecule has 1 N–H and O–H groups in total. The maximum Gasteiger partial charge on any atom is 0.0385 e. The van der Waals surface area contributed by atoms with Gasteiger partial charge in [-0.15, -0.1) is 0 Å². The Morgan fingerprint density at radius 3 is 2.90 bits per heavy atom. The van der Waals surface area contributed by atoms with Crippen molar-refractivity contribution in [2.45, 2.75) is 19.8 Å². The van der Waals surface area contributed by atoms with Crippen LogP contribution in [0.25, 0.3) is 6.08 Å². The number of aromatic nitrogens is 1. The van der Waals surface area contributed by atoms with Crippen LogP contribution in [-0.2, 0) is 6.42 Å². The third-order valence-electron chi connectivity index (χ3n) is 3.54. The van der Waals surface area contributed by atoms with E-state index < -0.39 is 0 Å². The van der Waals surface area contributed by atoms with Crippen LogP contribution in [0.5, 0.6) is 0 Å². The first-order valence-corrected chi connectivity index (χ1v) is 7.40. The summed E-state index contributed by atoms with van der Waals surface area (Å²) in [5.41, 5.74) is 5.14. The molecule has 2 nitrogen and oxygen atoms in total. The van der Waals surface area contributed by atoms with E-state index in [0.717, 1.165) is 19.4 Å². The lowest BCUT2D eigenvalue weighted by Crippen LogP contribution is -2.14. The van der Waals surface area contributed by atoms with Gasteiger partial charge in [0.15, 0.2) is 0 Å². The molecular formula is C19H24N2. The minimum absolute atomic E-state index is 0.989. The topological polar surface area (TPSA) is 19.0 Å². The van der Waals surface area contributed by atoms with Gasteiger partial charge in [0.05, 0.1) is 0 Å². The minimum atomic E-state index is 0.989. The van der Waals surface area contributed by atoms with Gasteiger partial charge in [-0.05, 0) is 49.4 Å². The third-order valence-corrected chi connectivity index (χ3v) is 3.54. The molecule has 21 heavy (non-hydrogen) atoms. The van der Waals surface area contributed by atoms with Crippen LogP contribution in [-0.4, -0.2) is 23.5 Å². The first-order valence-electron chi connectivity index (χ1n) is 7.40. The molecule has 0 saturated carbocycles. The molecule has 110 valence electrons. The number of hydrogen-bond donors (Lipinski definition) is 1. The van der Waals surface area contributed by atoms with E-state index in [9.17, 15) is 0 Å². The summed E-state index contributed by atoms with van der Waals surface area (Å²) < 4.78 is 0. The van der Waals surface area contributed by atoms with Gasteiger partial charge in [-0.2, -0.15) is 0 Å². The average molecular weight is 280 g/mol. The van der Waals surface area contributed by atoms with E-state index in [2.05, 4.69) is 66.9 Å². The number of allylic oxidation sites excluding steroid dienone is 7. The molecule has 0 unspecified atom stereocenters. The predicted molar refractivity (Wildman–Crippen MR) is 92.0 cm³/mol. The van der Waals surface area contributed by atoms with Gasteiger partial charge in [0.2, 0.25) is 0 Å². The highest BCUT2D eigenvalue weighted by Gasteiger charge is 2.01. The number of nitrogens with zero attached hydrogens (tertiary/aromatic N) is 1. The molecule has 0 aromatic carbocycles. The molecular weight excluding hydrogens is 256 g/mol. The average Bonchev–Trinajstić information content (AvgIpc) is 2.93. The van der Waals surface area contributed by atoms with Crippen molar-refractivity contribution in [3.05, 3.63) is 77.8 Å². The summed E-state index contributed by atoms with van der Waals surface area (Å²) in [6, 6.07) is 4.33. The van der Waals surface area contributed by atoms with Crippen LogP contribution in [0.1, 0.15) is 24.7 Å². The smallest absolute Gasteiger partial charge is 0.0385 e. The second kappa shape index (κ2) is 7.53. The van der Waals surface area contributed by atoms with E-state index in [4.69, 9.17) is 0 Å². The van der Waals surface area contributed by atoms with Crippen LogP contribution >= 0.6 is 0 Å². The maximum atomic E-state index is 3.68. The number of aromatic amines is 1. The lowest BCUT2D eigenvalue weighted by molar-refractivity contribution is 0.458. The Morgan fingerprint density at radius 2 is 2.19 bits per heavy atom. The zero-order chi connectivity index (χ0) is 15.1. The van der Waals surface area contributed by atoms with Gasteiger partial charge in [-0.3, -0.25) is 0 Å². The van der Waals surface area contributed by atoms with E-state index in [0.29, 0.717) is 0 Å². The summed E-state index contributed by atoms with van der Waals surface area (Å²) in [5, 5.41) is 0. The normalized spacial score (nSPS) is 16.5. The van der Waals surface area contributed by atoms with E-state index in [1.807, 2.05) is 12.3 Å². The van der Waals surface area contributed by atoms with Crippen LogP contribution in [0.3, 0.4) is 0 Å². The molecule has 0 fully saturated rings. The summed E-state index contributed by atoms with van der Waals surface area (Å²) in [6.45, 7) is 6.80. The molecule has 0 spiro atoms. The van der Waals surface area contributed by atoms with Crippen molar-refractivity contribution in [1.82, 2.24) is 9.88 Å². The van der Waals surface area contributed by atoms with Gasteiger partial charge < -0.3 is 9.88 Å². The number of hydrogen-bond acceptors (Lipinski definition) is 1. The van der Waals surface area contributed by atoms with E-state index in [-0.39, 0.29) is 0 Å². The van der Waals surface area contributed by atoms with Crippen molar-refractivity contribution in [2.75, 3.05) is 13.6 Å². The fourth-order valence-electron chi connectivity index (χ4n) is 2.23. The molecule has 1 aliphatic rings. The van der Waals surface area contributed by atoms with E-state index >= 15 is 0 Å². The first-order chi connectivity index (χ1) is 10.2. The maximum absolute atomic E-state index is 3.68. The fourth-order valence-corrected chi connectivity index (χ4v) is 2.23. The Bertz CT molecular complexity index is 597. The Hall–Kier alpha value is -2.22. The molecule has 2 rings (SSSR count). The third kappa shape index (κ3) is 4.99. The second-order valence-electron chi connectivity index (χ2n) is 5.45. The summed E-state index contributed by atoms with van der Waals surface area (Å²) in [4.78, 5) is 5.65. The molecule has 2 heteroatoms. The number of nitrogens with one attached hydrogen (secondary N) is 1. The van der Waals surface area contributed by atoms with Crippen LogP contribution < -0.4 is 0 Å². The molecule has 1 heterocycles. The van der Waals surface area contributed by atoms with Crippen molar-refractivity contribution in [2.24, 2.45) is 0 Å². The molecule has 0 amide bonds. The Morgan fingerprint density at radius 1 is 1.33 bits per heavy atom. The van der Waals surface area contributed by atoms with Crippen LogP contribution in [0.4, 0.5) is 0 Å². The highest BCUT2D eigenvalue weighted by Crippen LogP contribution is 2.18. The van der Waals surface area contributed by atoms with Gasteiger partial charge in [-0.25, -0.2) is 0 Å². The molecule has 0 saturated heterocycles. The Balaban J connectivity index is 1.90. The SMILES string of the molecule is C=C/C=C\N(C)CCc1ccc(/C=C2/C=CC(C)=CC2)[nH]1. The summed E-state index contributed by atoms with van der Waals surface area (Å²) in [5.74, 6) is 0. The van der Waals surface area contributed by atoms with Gasteiger partial charge in [-0.1, -0.05) is 36.5 Å². The van der Waals surface area contributed by atoms with Gasteiger partial charge >= 0.3 is 0 Å². The predicted octanol–water partition coefficient (Wildman–Crippen LogP) is 4.48. The molecule has 0 atom stereocenters.